The zero-order chi connectivity index (χ0) is 17.4. The van der Waals surface area contributed by atoms with Gasteiger partial charge in [0, 0.05) is 17.5 Å². The van der Waals surface area contributed by atoms with E-state index in [0.717, 1.165) is 11.1 Å². The largest absolute Gasteiger partial charge is 0.387 e. The van der Waals surface area contributed by atoms with Gasteiger partial charge < -0.3 is 10.4 Å². The number of hydrogen-bond acceptors (Lipinski definition) is 2. The quantitative estimate of drug-likeness (QED) is 0.714. The molecule has 126 valence electrons. The van der Waals surface area contributed by atoms with Gasteiger partial charge in [0.05, 0.1) is 6.10 Å². The van der Waals surface area contributed by atoms with E-state index < -0.39 is 6.10 Å². The molecule has 24 heavy (non-hydrogen) atoms. The second-order valence-electron chi connectivity index (χ2n) is 5.72. The first-order valence-electron chi connectivity index (χ1n) is 7.96. The van der Waals surface area contributed by atoms with E-state index in [1.54, 1.807) is 6.08 Å². The van der Waals surface area contributed by atoms with Gasteiger partial charge in [-0.2, -0.15) is 0 Å². The van der Waals surface area contributed by atoms with Crippen molar-refractivity contribution in [1.82, 2.24) is 5.32 Å². The van der Waals surface area contributed by atoms with Gasteiger partial charge in [-0.25, -0.2) is 0 Å². The number of allylic oxidation sites excluding steroid dienone is 1. The maximum atomic E-state index is 12.4. The number of aliphatic hydroxyl groups excluding tert-OH is 1. The number of amides is 1. The molecule has 2 N–H and O–H groups in total. The highest BCUT2D eigenvalue weighted by molar-refractivity contribution is 6.30. The lowest BCUT2D eigenvalue weighted by atomic mass is 9.95. The van der Waals surface area contributed by atoms with Crippen molar-refractivity contribution in [2.24, 2.45) is 5.92 Å². The maximum absolute atomic E-state index is 12.4. The number of rotatable bonds is 8. The fraction of sp³-hybridized carbons (Fsp3) is 0.250. The van der Waals surface area contributed by atoms with Crippen molar-refractivity contribution in [2.75, 3.05) is 6.54 Å². The fourth-order valence-corrected chi connectivity index (χ4v) is 2.65. The van der Waals surface area contributed by atoms with Crippen LogP contribution in [0, 0.1) is 5.92 Å². The van der Waals surface area contributed by atoms with Crippen LogP contribution < -0.4 is 5.32 Å². The second kappa shape index (κ2) is 9.26. The van der Waals surface area contributed by atoms with Crippen LogP contribution in [0.5, 0.6) is 0 Å². The first-order chi connectivity index (χ1) is 11.6. The van der Waals surface area contributed by atoms with E-state index in [-0.39, 0.29) is 18.4 Å². The molecule has 0 bridgehead atoms. The van der Waals surface area contributed by atoms with Crippen LogP contribution in [0.15, 0.2) is 67.3 Å². The topological polar surface area (TPSA) is 49.3 Å². The molecule has 2 aromatic carbocycles. The van der Waals surface area contributed by atoms with Gasteiger partial charge in [0.15, 0.2) is 0 Å². The molecule has 3 nitrogen and oxygen atoms in total. The molecular formula is C20H22ClNO2. The van der Waals surface area contributed by atoms with Crippen molar-refractivity contribution >= 4 is 17.5 Å². The molecule has 0 saturated carbocycles. The van der Waals surface area contributed by atoms with Gasteiger partial charge in [-0.15, -0.1) is 6.58 Å². The third-order valence-corrected chi connectivity index (χ3v) is 4.12. The molecule has 0 saturated heterocycles. The molecule has 2 aromatic rings. The molecule has 0 radical (unpaired) electrons. The predicted molar refractivity (Wildman–Crippen MR) is 97.9 cm³/mol. The molecule has 0 unspecified atom stereocenters. The summed E-state index contributed by atoms with van der Waals surface area (Å²) in [5.74, 6) is -0.300. The molecule has 4 heteroatoms. The van der Waals surface area contributed by atoms with Crippen LogP contribution in [0.2, 0.25) is 5.02 Å². The molecule has 0 aliphatic carbocycles. The maximum Gasteiger partial charge on any atom is 0.223 e. The number of benzene rings is 2. The highest BCUT2D eigenvalue weighted by Gasteiger charge is 2.19. The summed E-state index contributed by atoms with van der Waals surface area (Å²) in [6, 6.07) is 16.8. The van der Waals surface area contributed by atoms with Crippen LogP contribution in [0.25, 0.3) is 0 Å². The lowest BCUT2D eigenvalue weighted by molar-refractivity contribution is -0.125. The highest BCUT2D eigenvalue weighted by Crippen LogP contribution is 2.17. The SMILES string of the molecule is C=CC[C@@H](Cc1ccc(Cl)cc1)C(=O)NC[C@@H](O)c1ccccc1. The minimum atomic E-state index is -0.713. The summed E-state index contributed by atoms with van der Waals surface area (Å²) >= 11 is 5.89. The Labute approximate surface area is 148 Å². The van der Waals surface area contributed by atoms with Crippen LogP contribution in [0.1, 0.15) is 23.7 Å². The van der Waals surface area contributed by atoms with Gasteiger partial charge in [0.2, 0.25) is 5.91 Å². The normalized spacial score (nSPS) is 13.1. The lowest BCUT2D eigenvalue weighted by Crippen LogP contribution is -2.34. The monoisotopic (exact) mass is 343 g/mol. The first-order valence-corrected chi connectivity index (χ1v) is 8.34. The molecule has 0 aromatic heterocycles. The van der Waals surface area contributed by atoms with Gasteiger partial charge in [-0.05, 0) is 36.1 Å². The molecule has 1 amide bonds. The van der Waals surface area contributed by atoms with Crippen LogP contribution in [-0.2, 0) is 11.2 Å². The van der Waals surface area contributed by atoms with E-state index in [0.29, 0.717) is 17.9 Å². The molecule has 2 atom stereocenters. The Morgan fingerprint density at radius 3 is 2.46 bits per heavy atom. The van der Waals surface area contributed by atoms with Crippen molar-refractivity contribution < 1.29 is 9.90 Å². The van der Waals surface area contributed by atoms with E-state index in [1.165, 1.54) is 0 Å². The number of halogens is 1. The fourth-order valence-electron chi connectivity index (χ4n) is 2.52. The minimum absolute atomic E-state index is 0.0835. The highest BCUT2D eigenvalue weighted by atomic mass is 35.5. The Hall–Kier alpha value is -2.10. The minimum Gasteiger partial charge on any atom is -0.387 e. The van der Waals surface area contributed by atoms with E-state index in [4.69, 9.17) is 11.6 Å². The third kappa shape index (κ3) is 5.52. The number of aliphatic hydroxyl groups is 1. The van der Waals surface area contributed by atoms with Crippen molar-refractivity contribution in [3.8, 4) is 0 Å². The summed E-state index contributed by atoms with van der Waals surface area (Å²) in [5, 5.41) is 13.7. The summed E-state index contributed by atoms with van der Waals surface area (Å²) in [4.78, 5) is 12.4. The van der Waals surface area contributed by atoms with Crippen molar-refractivity contribution in [3.63, 3.8) is 0 Å². The predicted octanol–water partition coefficient (Wildman–Crippen LogP) is 3.92. The van der Waals surface area contributed by atoms with Crippen molar-refractivity contribution in [1.29, 1.82) is 0 Å². The molecule has 0 aliphatic heterocycles. The van der Waals surface area contributed by atoms with Crippen LogP contribution in [-0.4, -0.2) is 17.6 Å². The summed E-state index contributed by atoms with van der Waals surface area (Å²) in [5.41, 5.74) is 1.83. The summed E-state index contributed by atoms with van der Waals surface area (Å²) in [6.45, 7) is 3.92. The van der Waals surface area contributed by atoms with E-state index in [9.17, 15) is 9.90 Å². The summed E-state index contributed by atoms with van der Waals surface area (Å²) < 4.78 is 0. The Bertz CT molecular complexity index is 655. The van der Waals surface area contributed by atoms with Crippen molar-refractivity contribution in [3.05, 3.63) is 83.4 Å². The second-order valence-corrected chi connectivity index (χ2v) is 6.16. The van der Waals surface area contributed by atoms with Gasteiger partial charge in [0.1, 0.15) is 0 Å². The van der Waals surface area contributed by atoms with Crippen LogP contribution >= 0.6 is 11.6 Å². The van der Waals surface area contributed by atoms with Gasteiger partial charge in [-0.1, -0.05) is 60.1 Å². The van der Waals surface area contributed by atoms with Crippen LogP contribution in [0.3, 0.4) is 0 Å². The molecule has 2 rings (SSSR count). The number of carbonyl (C=O) groups is 1. The van der Waals surface area contributed by atoms with Crippen molar-refractivity contribution in [2.45, 2.75) is 18.9 Å². The van der Waals surface area contributed by atoms with E-state index in [2.05, 4.69) is 11.9 Å². The molecule has 0 aliphatic rings. The molecule has 0 heterocycles. The molecule has 0 spiro atoms. The summed E-state index contributed by atoms with van der Waals surface area (Å²) in [7, 11) is 0. The Kier molecular flexibility index (Phi) is 7.04. The average molecular weight is 344 g/mol. The Morgan fingerprint density at radius 2 is 1.83 bits per heavy atom. The molecular weight excluding hydrogens is 322 g/mol. The average Bonchev–Trinajstić information content (AvgIpc) is 2.61. The lowest BCUT2D eigenvalue weighted by Gasteiger charge is -2.18. The molecule has 0 fully saturated rings. The standard InChI is InChI=1S/C20H22ClNO2/c1-2-6-17(13-15-9-11-18(21)12-10-15)20(24)22-14-19(23)16-7-4-3-5-8-16/h2-5,7-12,17,19,23H,1,6,13-14H2,(H,22,24)/t17-,19+/m0/s1. The number of carbonyl (C=O) groups excluding carboxylic acids is 1. The Balaban J connectivity index is 1.93. The zero-order valence-corrected chi connectivity index (χ0v) is 14.2. The smallest absolute Gasteiger partial charge is 0.223 e. The third-order valence-electron chi connectivity index (χ3n) is 3.87. The number of hydrogen-bond donors (Lipinski definition) is 2. The van der Waals surface area contributed by atoms with E-state index >= 15 is 0 Å². The zero-order valence-electron chi connectivity index (χ0n) is 13.5. The summed E-state index contributed by atoms with van der Waals surface area (Å²) in [6.07, 6.45) is 2.22. The number of nitrogens with one attached hydrogen (secondary N) is 1. The van der Waals surface area contributed by atoms with Gasteiger partial charge >= 0.3 is 0 Å². The first kappa shape index (κ1) is 18.2. The van der Waals surface area contributed by atoms with E-state index in [1.807, 2.05) is 54.6 Å². The van der Waals surface area contributed by atoms with Gasteiger partial charge in [-0.3, -0.25) is 4.79 Å². The van der Waals surface area contributed by atoms with Crippen LogP contribution in [0.4, 0.5) is 0 Å². The Morgan fingerprint density at radius 1 is 1.17 bits per heavy atom. The van der Waals surface area contributed by atoms with Gasteiger partial charge in [0.25, 0.3) is 0 Å².